The summed E-state index contributed by atoms with van der Waals surface area (Å²) in [7, 11) is 0. The van der Waals surface area contributed by atoms with Gasteiger partial charge in [0.1, 0.15) is 0 Å². The third-order valence-electron chi connectivity index (χ3n) is 7.86. The van der Waals surface area contributed by atoms with Gasteiger partial charge in [0.25, 0.3) is 0 Å². The van der Waals surface area contributed by atoms with Crippen LogP contribution in [0.15, 0.2) is 155 Å². The minimum atomic E-state index is -2.73. The normalized spacial score (nSPS) is 13.9. The Kier molecular flexibility index (Phi) is 6.32. The van der Waals surface area contributed by atoms with Crippen molar-refractivity contribution >= 4 is 8.78 Å². The summed E-state index contributed by atoms with van der Waals surface area (Å²) in [5.41, 5.74) is 11.4. The molecule has 0 N–H and O–H groups in total. The van der Waals surface area contributed by atoms with Gasteiger partial charge < -0.3 is 0 Å². The first-order chi connectivity index (χ1) is 18.9. The van der Waals surface area contributed by atoms with Crippen molar-refractivity contribution in [3.8, 4) is 11.1 Å². The molecular weight excluding hydrogens is 536 g/mol. The van der Waals surface area contributed by atoms with Crippen molar-refractivity contribution in [1.29, 1.82) is 0 Å². The van der Waals surface area contributed by atoms with Crippen LogP contribution in [-0.4, -0.2) is 3.21 Å². The standard InChI is InChI=1S/C13H9.C13H10.C11H9.Zr/c1-3-7-12-10(5-1)9-11-6-2-4-8-13(11)12;1-3-7-12(8-4-1)11-13-9-5-2-6-10-13;1-2-6-10(7-3-1)11-8-4-5-9-11;/h1-9H;1-10H;1-4,6-8H,5H2;. The summed E-state index contributed by atoms with van der Waals surface area (Å²) in [5, 5.41) is 0. The fourth-order valence-electron chi connectivity index (χ4n) is 6.27. The maximum atomic E-state index is 2.40. The first-order valence-corrected chi connectivity index (χ1v) is 17.3. The van der Waals surface area contributed by atoms with Gasteiger partial charge in [0.2, 0.25) is 0 Å². The Balaban J connectivity index is 1.62. The molecule has 38 heavy (non-hydrogen) atoms. The molecule has 1 heteroatoms. The zero-order chi connectivity index (χ0) is 25.3. The van der Waals surface area contributed by atoms with Crippen LogP contribution in [0.4, 0.5) is 0 Å². The summed E-state index contributed by atoms with van der Waals surface area (Å²) in [6.45, 7) is 0. The number of allylic oxidation sites excluding steroid dienone is 4. The van der Waals surface area contributed by atoms with E-state index in [1.807, 2.05) is 0 Å². The van der Waals surface area contributed by atoms with Crippen molar-refractivity contribution in [3.63, 3.8) is 0 Å². The van der Waals surface area contributed by atoms with E-state index in [2.05, 4.69) is 152 Å². The molecule has 0 saturated carbocycles. The zero-order valence-corrected chi connectivity index (χ0v) is 23.7. The quantitative estimate of drug-likeness (QED) is 0.200. The van der Waals surface area contributed by atoms with E-state index in [1.54, 1.807) is 6.49 Å². The Morgan fingerprint density at radius 3 is 1.55 bits per heavy atom. The van der Waals surface area contributed by atoms with Crippen molar-refractivity contribution in [1.82, 2.24) is 0 Å². The van der Waals surface area contributed by atoms with E-state index in [9.17, 15) is 0 Å². The number of hydrogen-bond acceptors (Lipinski definition) is 0. The monoisotopic (exact) mass is 562 g/mol. The van der Waals surface area contributed by atoms with Crippen LogP contribution in [0.1, 0.15) is 37.9 Å². The summed E-state index contributed by atoms with van der Waals surface area (Å²) >= 11 is -2.73. The molecule has 5 aromatic rings. The van der Waals surface area contributed by atoms with Crippen LogP contribution in [0.3, 0.4) is 0 Å². The van der Waals surface area contributed by atoms with Gasteiger partial charge in [-0.3, -0.25) is 0 Å². The van der Waals surface area contributed by atoms with E-state index in [-0.39, 0.29) is 0 Å². The second-order valence-electron chi connectivity index (χ2n) is 9.99. The van der Waals surface area contributed by atoms with Crippen molar-refractivity contribution in [2.45, 2.75) is 10.0 Å². The molecule has 7 rings (SSSR count). The van der Waals surface area contributed by atoms with Crippen molar-refractivity contribution < 1.29 is 21.3 Å². The summed E-state index contributed by atoms with van der Waals surface area (Å²) in [6, 6.07) is 51.8. The Morgan fingerprint density at radius 2 is 1.00 bits per heavy atom. The molecule has 0 amide bonds. The van der Waals surface area contributed by atoms with Gasteiger partial charge in [0.05, 0.1) is 0 Å². The van der Waals surface area contributed by atoms with Gasteiger partial charge in [-0.25, -0.2) is 0 Å². The molecule has 0 aromatic heterocycles. The van der Waals surface area contributed by atoms with E-state index in [1.165, 1.54) is 44.5 Å². The first-order valence-electron chi connectivity index (χ1n) is 13.4. The number of benzene rings is 5. The van der Waals surface area contributed by atoms with Crippen LogP contribution in [0.2, 0.25) is 0 Å². The van der Waals surface area contributed by atoms with Crippen LogP contribution >= 0.6 is 0 Å². The molecule has 5 aromatic carbocycles. The van der Waals surface area contributed by atoms with Crippen LogP contribution < -0.4 is 0 Å². The van der Waals surface area contributed by atoms with E-state index in [0.29, 0.717) is 3.63 Å². The predicted octanol–water partition coefficient (Wildman–Crippen LogP) is 9.01. The third-order valence-corrected chi connectivity index (χ3v) is 16.3. The third kappa shape index (κ3) is 4.07. The fourth-order valence-corrected chi connectivity index (χ4v) is 15.8. The molecule has 0 atom stereocenters. The maximum absolute atomic E-state index is 2.73. The fraction of sp³-hybridized carbons (Fsp3) is 0.0541. The predicted molar refractivity (Wildman–Crippen MR) is 157 cm³/mol. The minimum absolute atomic E-state index is 0.425. The number of rotatable bonds is 5. The molecule has 180 valence electrons. The molecule has 0 bridgehead atoms. The molecule has 2 aliphatic carbocycles. The van der Waals surface area contributed by atoms with Crippen molar-refractivity contribution in [2.75, 3.05) is 0 Å². The summed E-state index contributed by atoms with van der Waals surface area (Å²) < 4.78 is 3.71. The molecule has 0 nitrogen and oxygen atoms in total. The van der Waals surface area contributed by atoms with E-state index >= 15 is 0 Å². The van der Waals surface area contributed by atoms with Crippen LogP contribution in [0.5, 0.6) is 0 Å². The molecule has 0 aliphatic heterocycles. The number of fused-ring (bicyclic) bond motifs is 3. The van der Waals surface area contributed by atoms with Gasteiger partial charge in [-0.05, 0) is 0 Å². The van der Waals surface area contributed by atoms with Gasteiger partial charge in [-0.15, -0.1) is 0 Å². The van der Waals surface area contributed by atoms with E-state index in [4.69, 9.17) is 0 Å². The molecule has 0 saturated heterocycles. The zero-order valence-electron chi connectivity index (χ0n) is 21.2. The number of hydrogen-bond donors (Lipinski definition) is 0. The van der Waals surface area contributed by atoms with Crippen LogP contribution in [-0.2, 0) is 21.3 Å². The van der Waals surface area contributed by atoms with Gasteiger partial charge >= 0.3 is 234 Å². The van der Waals surface area contributed by atoms with Crippen LogP contribution in [0.25, 0.3) is 16.7 Å². The van der Waals surface area contributed by atoms with Crippen molar-refractivity contribution in [2.24, 2.45) is 0 Å². The summed E-state index contributed by atoms with van der Waals surface area (Å²) in [6.07, 6.45) is 5.84. The summed E-state index contributed by atoms with van der Waals surface area (Å²) in [4.78, 5) is 0. The molecule has 0 unspecified atom stereocenters. The average molecular weight is 564 g/mol. The molecule has 0 radical (unpaired) electrons. The SMILES string of the molecule is C1=CC(c2ccccc2)=[C]([Zr](=[C](c2ccccc2)c2ccccc2)[CH]2c3ccccc3-c3ccccc32)C1. The van der Waals surface area contributed by atoms with E-state index < -0.39 is 21.3 Å². The second kappa shape index (κ2) is 10.2. The molecule has 0 spiro atoms. The van der Waals surface area contributed by atoms with Gasteiger partial charge in [0.15, 0.2) is 0 Å². The van der Waals surface area contributed by atoms with Crippen LogP contribution in [0, 0.1) is 0 Å². The Bertz CT molecular complexity index is 1620. The van der Waals surface area contributed by atoms with E-state index in [0.717, 1.165) is 6.42 Å². The van der Waals surface area contributed by atoms with Gasteiger partial charge in [-0.2, -0.15) is 0 Å². The second-order valence-corrected chi connectivity index (χ2v) is 16.2. The molecule has 0 heterocycles. The molecule has 2 aliphatic rings. The molecular formula is C37H28Zr. The first kappa shape index (κ1) is 23.4. The van der Waals surface area contributed by atoms with Gasteiger partial charge in [-0.1, -0.05) is 0 Å². The average Bonchev–Trinajstić information content (AvgIpc) is 3.61. The molecule has 0 fully saturated rings. The van der Waals surface area contributed by atoms with Gasteiger partial charge in [0, 0.05) is 0 Å². The Hall–Kier alpha value is -3.67. The topological polar surface area (TPSA) is 0 Å². The van der Waals surface area contributed by atoms with Crippen molar-refractivity contribution in [3.05, 3.63) is 183 Å². The Labute approximate surface area is 232 Å². The summed E-state index contributed by atoms with van der Waals surface area (Å²) in [5.74, 6) is 0. The Morgan fingerprint density at radius 1 is 0.526 bits per heavy atom.